The van der Waals surface area contributed by atoms with Crippen molar-refractivity contribution in [3.8, 4) is 11.9 Å². The fourth-order valence-corrected chi connectivity index (χ4v) is 4.21. The van der Waals surface area contributed by atoms with Crippen LogP contribution in [0, 0.1) is 11.3 Å². The number of rotatable bonds is 7. The van der Waals surface area contributed by atoms with Crippen molar-refractivity contribution in [1.29, 1.82) is 5.26 Å². The van der Waals surface area contributed by atoms with E-state index in [1.165, 1.54) is 0 Å². The summed E-state index contributed by atoms with van der Waals surface area (Å²) in [4.78, 5) is 15.3. The standard InChI is InChI=1S/C23H23ClN6O2/c1-32-21-6-5-16(12-26-21)19(8-10-31)29-23-17-13-30(9-7-20(17)27-14-28-23)22-15(11-25)3-2-4-18(22)24/h2-6,12,14,19,31H,7-10,13H2,1H3,(H,27,28,29)/t19-/m1/s1. The molecule has 2 aromatic heterocycles. The Labute approximate surface area is 191 Å². The fourth-order valence-electron chi connectivity index (χ4n) is 3.92. The van der Waals surface area contributed by atoms with Gasteiger partial charge in [0.2, 0.25) is 5.88 Å². The topological polar surface area (TPSA) is 107 Å². The van der Waals surface area contributed by atoms with E-state index in [1.807, 2.05) is 6.07 Å². The van der Waals surface area contributed by atoms with Gasteiger partial charge in [0.05, 0.1) is 35.1 Å². The number of para-hydroxylation sites is 1. The number of pyridine rings is 1. The second-order valence-corrected chi connectivity index (χ2v) is 7.82. The number of hydrogen-bond donors (Lipinski definition) is 2. The van der Waals surface area contributed by atoms with Crippen LogP contribution in [0.2, 0.25) is 5.02 Å². The maximum atomic E-state index is 9.62. The number of aliphatic hydroxyl groups is 1. The zero-order chi connectivity index (χ0) is 22.5. The van der Waals surface area contributed by atoms with Crippen LogP contribution in [-0.4, -0.2) is 40.3 Å². The number of aliphatic hydroxyl groups excluding tert-OH is 1. The van der Waals surface area contributed by atoms with Gasteiger partial charge >= 0.3 is 0 Å². The molecule has 0 unspecified atom stereocenters. The van der Waals surface area contributed by atoms with Crippen molar-refractivity contribution >= 4 is 23.1 Å². The highest BCUT2D eigenvalue weighted by Gasteiger charge is 2.25. The quantitative estimate of drug-likeness (QED) is 0.563. The molecule has 0 radical (unpaired) electrons. The van der Waals surface area contributed by atoms with Crippen LogP contribution in [0.3, 0.4) is 0 Å². The van der Waals surface area contributed by atoms with Gasteiger partial charge in [0, 0.05) is 43.9 Å². The number of halogens is 1. The number of benzene rings is 1. The van der Waals surface area contributed by atoms with Crippen molar-refractivity contribution in [1.82, 2.24) is 15.0 Å². The molecular weight excluding hydrogens is 428 g/mol. The van der Waals surface area contributed by atoms with Gasteiger partial charge in [0.15, 0.2) is 0 Å². The molecule has 0 saturated carbocycles. The summed E-state index contributed by atoms with van der Waals surface area (Å²) < 4.78 is 5.14. The molecule has 0 bridgehead atoms. The van der Waals surface area contributed by atoms with E-state index < -0.39 is 0 Å². The van der Waals surface area contributed by atoms with Gasteiger partial charge in [-0.3, -0.25) is 0 Å². The molecular formula is C23H23ClN6O2. The maximum absolute atomic E-state index is 9.62. The van der Waals surface area contributed by atoms with Gasteiger partial charge in [-0.25, -0.2) is 15.0 Å². The minimum absolute atomic E-state index is 0.00818. The molecule has 1 aromatic carbocycles. The Morgan fingerprint density at radius 3 is 2.88 bits per heavy atom. The van der Waals surface area contributed by atoms with Crippen molar-refractivity contribution in [2.75, 3.05) is 30.5 Å². The smallest absolute Gasteiger partial charge is 0.212 e. The zero-order valence-electron chi connectivity index (χ0n) is 17.6. The predicted octanol–water partition coefficient (Wildman–Crippen LogP) is 3.50. The third kappa shape index (κ3) is 4.44. The highest BCUT2D eigenvalue weighted by molar-refractivity contribution is 6.33. The van der Waals surface area contributed by atoms with E-state index in [1.54, 1.807) is 43.9 Å². The molecule has 32 heavy (non-hydrogen) atoms. The normalized spacial score (nSPS) is 13.8. The minimum atomic E-state index is -0.192. The van der Waals surface area contributed by atoms with Crippen molar-refractivity contribution < 1.29 is 9.84 Å². The number of nitrogens with one attached hydrogen (secondary N) is 1. The number of hydrogen-bond acceptors (Lipinski definition) is 8. The molecule has 8 nitrogen and oxygen atoms in total. The van der Waals surface area contributed by atoms with E-state index in [0.717, 1.165) is 22.5 Å². The number of methoxy groups -OCH3 is 1. The Balaban J connectivity index is 1.64. The summed E-state index contributed by atoms with van der Waals surface area (Å²) in [7, 11) is 1.57. The lowest BCUT2D eigenvalue weighted by molar-refractivity contribution is 0.279. The van der Waals surface area contributed by atoms with Gasteiger partial charge < -0.3 is 20.1 Å². The lowest BCUT2D eigenvalue weighted by Gasteiger charge is -2.32. The van der Waals surface area contributed by atoms with Gasteiger partial charge in [0.1, 0.15) is 18.2 Å². The summed E-state index contributed by atoms with van der Waals surface area (Å²) in [6.45, 7) is 1.22. The maximum Gasteiger partial charge on any atom is 0.212 e. The largest absolute Gasteiger partial charge is 0.481 e. The van der Waals surface area contributed by atoms with Gasteiger partial charge in [-0.15, -0.1) is 0 Å². The van der Waals surface area contributed by atoms with Crippen molar-refractivity contribution in [3.05, 3.63) is 70.3 Å². The average molecular weight is 451 g/mol. The third-order valence-electron chi connectivity index (χ3n) is 5.53. The van der Waals surface area contributed by atoms with E-state index >= 15 is 0 Å². The van der Waals surface area contributed by atoms with Crippen LogP contribution >= 0.6 is 11.6 Å². The highest BCUT2D eigenvalue weighted by atomic mass is 35.5. The number of anilines is 2. The molecule has 0 saturated heterocycles. The SMILES string of the molecule is COc1ccc([C@@H](CCO)Nc2ncnc3c2CN(c2c(Cl)cccc2C#N)CC3)cn1. The molecule has 9 heteroatoms. The molecule has 1 aliphatic rings. The molecule has 0 amide bonds. The molecule has 0 fully saturated rings. The van der Waals surface area contributed by atoms with Crippen LogP contribution in [0.25, 0.3) is 0 Å². The number of aromatic nitrogens is 3. The molecule has 3 aromatic rings. The minimum Gasteiger partial charge on any atom is -0.481 e. The molecule has 1 atom stereocenters. The lowest BCUT2D eigenvalue weighted by atomic mass is 10.0. The number of fused-ring (bicyclic) bond motifs is 1. The Bertz CT molecular complexity index is 1130. The van der Waals surface area contributed by atoms with E-state index in [2.05, 4.69) is 31.2 Å². The first-order chi connectivity index (χ1) is 15.6. The van der Waals surface area contributed by atoms with Crippen LogP contribution in [0.1, 0.15) is 34.8 Å². The van der Waals surface area contributed by atoms with E-state index in [4.69, 9.17) is 16.3 Å². The third-order valence-corrected chi connectivity index (χ3v) is 5.83. The summed E-state index contributed by atoms with van der Waals surface area (Å²) in [5.41, 5.74) is 4.09. The fraction of sp³-hybridized carbons (Fsp3) is 0.304. The van der Waals surface area contributed by atoms with Crippen LogP contribution in [0.15, 0.2) is 42.9 Å². The zero-order valence-corrected chi connectivity index (χ0v) is 18.4. The van der Waals surface area contributed by atoms with Crippen LogP contribution < -0.4 is 15.0 Å². The lowest BCUT2D eigenvalue weighted by Crippen LogP contribution is -2.33. The molecule has 164 valence electrons. The van der Waals surface area contributed by atoms with Gasteiger partial charge in [0.25, 0.3) is 0 Å². The summed E-state index contributed by atoms with van der Waals surface area (Å²) >= 11 is 6.45. The van der Waals surface area contributed by atoms with Crippen molar-refractivity contribution in [3.63, 3.8) is 0 Å². The molecule has 3 heterocycles. The second-order valence-electron chi connectivity index (χ2n) is 7.41. The predicted molar refractivity (Wildman–Crippen MR) is 122 cm³/mol. The Hall–Kier alpha value is -3.41. The molecule has 4 rings (SSSR count). The first-order valence-electron chi connectivity index (χ1n) is 10.3. The summed E-state index contributed by atoms with van der Waals surface area (Å²) in [6.07, 6.45) is 4.47. The molecule has 0 aliphatic carbocycles. The Kier molecular flexibility index (Phi) is 6.69. The van der Waals surface area contributed by atoms with Crippen LogP contribution in [0.5, 0.6) is 5.88 Å². The van der Waals surface area contributed by atoms with E-state index in [-0.39, 0.29) is 12.6 Å². The monoisotopic (exact) mass is 450 g/mol. The first kappa shape index (κ1) is 21.8. The summed E-state index contributed by atoms with van der Waals surface area (Å²) in [6, 6.07) is 11.1. The van der Waals surface area contributed by atoms with Gasteiger partial charge in [-0.1, -0.05) is 23.7 Å². The van der Waals surface area contributed by atoms with E-state index in [0.29, 0.717) is 48.2 Å². The second kappa shape index (κ2) is 9.81. The molecule has 1 aliphatic heterocycles. The van der Waals surface area contributed by atoms with E-state index in [9.17, 15) is 10.4 Å². The Morgan fingerprint density at radius 2 is 2.16 bits per heavy atom. The number of ether oxygens (including phenoxy) is 1. The van der Waals surface area contributed by atoms with Crippen LogP contribution in [-0.2, 0) is 13.0 Å². The number of nitrogens with zero attached hydrogens (tertiary/aromatic N) is 5. The summed E-state index contributed by atoms with van der Waals surface area (Å²) in [5, 5.41) is 23.2. The van der Waals surface area contributed by atoms with Crippen molar-refractivity contribution in [2.45, 2.75) is 25.4 Å². The average Bonchev–Trinajstić information content (AvgIpc) is 2.83. The first-order valence-corrected chi connectivity index (χ1v) is 10.7. The molecule has 0 spiro atoms. The highest BCUT2D eigenvalue weighted by Crippen LogP contribution is 2.35. The van der Waals surface area contributed by atoms with Gasteiger partial charge in [-0.2, -0.15) is 5.26 Å². The van der Waals surface area contributed by atoms with Crippen LogP contribution in [0.4, 0.5) is 11.5 Å². The summed E-state index contributed by atoms with van der Waals surface area (Å²) in [5.74, 6) is 1.22. The van der Waals surface area contributed by atoms with Crippen molar-refractivity contribution in [2.24, 2.45) is 0 Å². The Morgan fingerprint density at radius 1 is 1.28 bits per heavy atom. The molecule has 2 N–H and O–H groups in total. The number of nitriles is 1. The van der Waals surface area contributed by atoms with Gasteiger partial charge in [-0.05, 0) is 24.1 Å².